The molecule has 26 heavy (non-hydrogen) atoms. The van der Waals surface area contributed by atoms with Crippen LogP contribution < -0.4 is 21.0 Å². The van der Waals surface area contributed by atoms with Crippen molar-refractivity contribution in [2.75, 3.05) is 7.05 Å². The summed E-state index contributed by atoms with van der Waals surface area (Å²) in [6.07, 6.45) is -1.05. The van der Waals surface area contributed by atoms with Crippen LogP contribution in [0.1, 0.15) is 11.7 Å². The Bertz CT molecular complexity index is 997. The summed E-state index contributed by atoms with van der Waals surface area (Å²) in [5.41, 5.74) is 0.434. The van der Waals surface area contributed by atoms with E-state index < -0.39 is 23.7 Å². The van der Waals surface area contributed by atoms with E-state index in [4.69, 9.17) is 9.15 Å². The minimum Gasteiger partial charge on any atom is -0.476 e. The third-order valence-corrected chi connectivity index (χ3v) is 3.65. The molecule has 0 radical (unpaired) electrons. The number of ether oxygens (including phenoxy) is 1. The molecule has 7 heteroatoms. The van der Waals surface area contributed by atoms with Gasteiger partial charge in [-0.25, -0.2) is 9.59 Å². The van der Waals surface area contributed by atoms with Crippen LogP contribution in [0.4, 0.5) is 4.79 Å². The molecule has 7 nitrogen and oxygen atoms in total. The summed E-state index contributed by atoms with van der Waals surface area (Å²) < 4.78 is 10.9. The zero-order chi connectivity index (χ0) is 18.5. The van der Waals surface area contributed by atoms with Crippen LogP contribution in [0.2, 0.25) is 0 Å². The Morgan fingerprint density at radius 1 is 1.04 bits per heavy atom. The third-order valence-electron chi connectivity index (χ3n) is 3.65. The lowest BCUT2D eigenvalue weighted by molar-refractivity contribution is -0.127. The van der Waals surface area contributed by atoms with Crippen molar-refractivity contribution in [2.24, 2.45) is 0 Å². The lowest BCUT2D eigenvalue weighted by atomic mass is 10.1. The normalized spacial score (nSPS) is 11.6. The zero-order valence-electron chi connectivity index (χ0n) is 13.9. The minimum atomic E-state index is -1.05. The number of nitrogens with one attached hydrogen (secondary N) is 2. The van der Waals surface area contributed by atoms with Crippen molar-refractivity contribution in [1.29, 1.82) is 0 Å². The fourth-order valence-electron chi connectivity index (χ4n) is 2.39. The van der Waals surface area contributed by atoms with E-state index in [9.17, 15) is 14.4 Å². The molecule has 132 valence electrons. The van der Waals surface area contributed by atoms with E-state index in [2.05, 4.69) is 10.6 Å². The highest BCUT2D eigenvalue weighted by Crippen LogP contribution is 2.25. The number of hydrogen-bond donors (Lipinski definition) is 2. The van der Waals surface area contributed by atoms with E-state index in [1.54, 1.807) is 42.5 Å². The lowest BCUT2D eigenvalue weighted by Crippen LogP contribution is -2.41. The molecule has 2 N–H and O–H groups in total. The van der Waals surface area contributed by atoms with Gasteiger partial charge in [-0.2, -0.15) is 0 Å². The Morgan fingerprint density at radius 2 is 1.77 bits per heavy atom. The summed E-state index contributed by atoms with van der Waals surface area (Å²) in [5, 5.41) is 5.25. The SMILES string of the molecule is CNC(=O)NC(=O)[C@H](Oc1ccc2ccc(=O)oc2c1)c1ccccc1. The monoisotopic (exact) mass is 352 g/mol. The van der Waals surface area contributed by atoms with Gasteiger partial charge in [0.15, 0.2) is 0 Å². The average molecular weight is 352 g/mol. The predicted molar refractivity (Wildman–Crippen MR) is 94.9 cm³/mol. The van der Waals surface area contributed by atoms with E-state index >= 15 is 0 Å². The molecule has 3 rings (SSSR count). The van der Waals surface area contributed by atoms with Crippen molar-refractivity contribution < 1.29 is 18.7 Å². The van der Waals surface area contributed by atoms with Crippen LogP contribution in [0.25, 0.3) is 11.0 Å². The summed E-state index contributed by atoms with van der Waals surface area (Å²) >= 11 is 0. The quantitative estimate of drug-likeness (QED) is 0.703. The summed E-state index contributed by atoms with van der Waals surface area (Å²) in [4.78, 5) is 35.3. The number of rotatable bonds is 4. The van der Waals surface area contributed by atoms with Gasteiger partial charge in [0.05, 0.1) is 0 Å². The number of fused-ring (bicyclic) bond motifs is 1. The fraction of sp³-hybridized carbons (Fsp3) is 0.105. The van der Waals surface area contributed by atoms with Crippen molar-refractivity contribution in [2.45, 2.75) is 6.10 Å². The van der Waals surface area contributed by atoms with E-state index in [0.717, 1.165) is 5.39 Å². The molecule has 0 saturated carbocycles. The Kier molecular flexibility index (Phi) is 4.98. The Hall–Kier alpha value is -3.61. The van der Waals surface area contributed by atoms with Gasteiger partial charge in [0.1, 0.15) is 11.3 Å². The predicted octanol–water partition coefficient (Wildman–Crippen LogP) is 2.37. The molecule has 0 saturated heterocycles. The van der Waals surface area contributed by atoms with Crippen LogP contribution in [0.3, 0.4) is 0 Å². The van der Waals surface area contributed by atoms with Crippen LogP contribution in [0, 0.1) is 0 Å². The average Bonchev–Trinajstić information content (AvgIpc) is 2.66. The van der Waals surface area contributed by atoms with Gasteiger partial charge in [0, 0.05) is 30.1 Å². The first-order valence-electron chi connectivity index (χ1n) is 7.85. The van der Waals surface area contributed by atoms with Crippen LogP contribution in [-0.4, -0.2) is 19.0 Å². The number of carbonyl (C=O) groups excluding carboxylic acids is 2. The van der Waals surface area contributed by atoms with Crippen molar-refractivity contribution in [1.82, 2.24) is 10.6 Å². The smallest absolute Gasteiger partial charge is 0.336 e. The molecule has 0 aliphatic carbocycles. The first kappa shape index (κ1) is 17.2. The first-order chi connectivity index (χ1) is 12.6. The van der Waals surface area contributed by atoms with Crippen molar-refractivity contribution in [3.63, 3.8) is 0 Å². The largest absolute Gasteiger partial charge is 0.476 e. The number of imide groups is 1. The Balaban J connectivity index is 1.93. The molecule has 2 aromatic carbocycles. The molecule has 0 aliphatic heterocycles. The van der Waals surface area contributed by atoms with Gasteiger partial charge >= 0.3 is 11.7 Å². The second-order valence-electron chi connectivity index (χ2n) is 5.43. The molecule has 0 unspecified atom stereocenters. The molecule has 0 aliphatic rings. The molecule has 0 spiro atoms. The molecule has 1 atom stereocenters. The van der Waals surface area contributed by atoms with Gasteiger partial charge in [-0.3, -0.25) is 10.1 Å². The highest BCUT2D eigenvalue weighted by Gasteiger charge is 2.24. The lowest BCUT2D eigenvalue weighted by Gasteiger charge is -2.18. The van der Waals surface area contributed by atoms with Gasteiger partial charge in [0.2, 0.25) is 6.10 Å². The zero-order valence-corrected chi connectivity index (χ0v) is 13.9. The number of amides is 3. The van der Waals surface area contributed by atoms with E-state index in [-0.39, 0.29) is 0 Å². The topological polar surface area (TPSA) is 97.6 Å². The van der Waals surface area contributed by atoms with E-state index in [1.165, 1.54) is 19.2 Å². The summed E-state index contributed by atoms with van der Waals surface area (Å²) in [7, 11) is 1.41. The van der Waals surface area contributed by atoms with E-state index in [0.29, 0.717) is 16.9 Å². The molecule has 0 bridgehead atoms. The molecule has 3 aromatic rings. The molecule has 1 heterocycles. The standard InChI is InChI=1S/C19H16N2O5/c1-20-19(24)21-18(23)17(13-5-3-2-4-6-13)25-14-9-7-12-8-10-16(22)26-15(12)11-14/h2-11,17H,1H3,(H2,20,21,23,24)/t17-/m1/s1. The summed E-state index contributed by atoms with van der Waals surface area (Å²) in [6.45, 7) is 0. The van der Waals surface area contributed by atoms with Crippen LogP contribution >= 0.6 is 0 Å². The van der Waals surface area contributed by atoms with Gasteiger partial charge in [-0.1, -0.05) is 30.3 Å². The van der Waals surface area contributed by atoms with Gasteiger partial charge in [0.25, 0.3) is 5.91 Å². The minimum absolute atomic E-state index is 0.327. The highest BCUT2D eigenvalue weighted by molar-refractivity contribution is 5.97. The maximum absolute atomic E-state index is 12.5. The molecule has 3 amide bonds. The summed E-state index contributed by atoms with van der Waals surface area (Å²) in [5.74, 6) is -0.294. The van der Waals surface area contributed by atoms with Crippen LogP contribution in [0.15, 0.2) is 69.9 Å². The second-order valence-corrected chi connectivity index (χ2v) is 5.43. The second kappa shape index (κ2) is 7.52. The number of hydrogen-bond acceptors (Lipinski definition) is 5. The Labute approximate surface area is 148 Å². The van der Waals surface area contributed by atoms with Gasteiger partial charge < -0.3 is 14.5 Å². The number of urea groups is 1. The van der Waals surface area contributed by atoms with Gasteiger partial charge in [-0.15, -0.1) is 0 Å². The van der Waals surface area contributed by atoms with Crippen molar-refractivity contribution >= 4 is 22.9 Å². The Morgan fingerprint density at radius 3 is 2.50 bits per heavy atom. The number of carbonyl (C=O) groups is 2. The maximum atomic E-state index is 12.5. The third kappa shape index (κ3) is 3.89. The molecular weight excluding hydrogens is 336 g/mol. The number of benzene rings is 2. The van der Waals surface area contributed by atoms with Crippen molar-refractivity contribution in [3.8, 4) is 5.75 Å². The van der Waals surface area contributed by atoms with Gasteiger partial charge in [-0.05, 0) is 18.2 Å². The highest BCUT2D eigenvalue weighted by atomic mass is 16.5. The van der Waals surface area contributed by atoms with Crippen LogP contribution in [-0.2, 0) is 4.79 Å². The molecular formula is C19H16N2O5. The molecule has 0 fully saturated rings. The maximum Gasteiger partial charge on any atom is 0.336 e. The van der Waals surface area contributed by atoms with E-state index in [1.807, 2.05) is 6.07 Å². The van der Waals surface area contributed by atoms with Crippen molar-refractivity contribution in [3.05, 3.63) is 76.6 Å². The molecule has 1 aromatic heterocycles. The van der Waals surface area contributed by atoms with Crippen LogP contribution in [0.5, 0.6) is 5.75 Å². The summed E-state index contributed by atoms with van der Waals surface area (Å²) in [6, 6.07) is 16.0. The first-order valence-corrected chi connectivity index (χ1v) is 7.85. The fourth-order valence-corrected chi connectivity index (χ4v) is 2.39.